The maximum atomic E-state index is 13.3. The van der Waals surface area contributed by atoms with Crippen molar-refractivity contribution in [3.05, 3.63) is 39.6 Å². The predicted octanol–water partition coefficient (Wildman–Crippen LogP) is 3.70. The lowest BCUT2D eigenvalue weighted by molar-refractivity contribution is 0.0606. The molecule has 94 valence electrons. The number of nitrogens with zero attached hydrogens (tertiary/aromatic N) is 1. The van der Waals surface area contributed by atoms with Gasteiger partial charge in [-0.05, 0) is 30.7 Å². The zero-order chi connectivity index (χ0) is 13.3. The fraction of sp³-hybridized carbons (Fsp3) is 0.167. The first-order valence-electron chi connectivity index (χ1n) is 5.03. The van der Waals surface area contributed by atoms with Crippen LogP contribution < -0.4 is 0 Å². The Balaban J connectivity index is 2.48. The van der Waals surface area contributed by atoms with Crippen LogP contribution in [0.15, 0.2) is 18.2 Å². The second kappa shape index (κ2) is 5.04. The molecule has 1 aromatic carbocycles. The fourth-order valence-electron chi connectivity index (χ4n) is 1.50. The van der Waals surface area contributed by atoms with Crippen LogP contribution >= 0.6 is 22.9 Å². The SMILES string of the molecule is COC(=O)c1sc(-c2cc(C)cc(F)c2)nc1Cl. The number of esters is 1. The number of benzene rings is 1. The lowest BCUT2D eigenvalue weighted by Crippen LogP contribution is -1.98. The topological polar surface area (TPSA) is 39.2 Å². The molecule has 0 N–H and O–H groups in total. The molecular formula is C12H9ClFNO2S. The summed E-state index contributed by atoms with van der Waals surface area (Å²) in [5, 5.41) is 0.562. The molecule has 0 unspecified atom stereocenters. The molecule has 3 nitrogen and oxygen atoms in total. The van der Waals surface area contributed by atoms with Gasteiger partial charge in [0.1, 0.15) is 10.8 Å². The molecule has 18 heavy (non-hydrogen) atoms. The quantitative estimate of drug-likeness (QED) is 0.790. The van der Waals surface area contributed by atoms with E-state index in [0.717, 1.165) is 16.9 Å². The van der Waals surface area contributed by atoms with E-state index in [1.807, 2.05) is 0 Å². The Bertz CT molecular complexity index is 592. The summed E-state index contributed by atoms with van der Waals surface area (Å²) in [7, 11) is 1.27. The highest BCUT2D eigenvalue weighted by atomic mass is 35.5. The maximum Gasteiger partial charge on any atom is 0.351 e. The van der Waals surface area contributed by atoms with Gasteiger partial charge in [0.05, 0.1) is 7.11 Å². The summed E-state index contributed by atoms with van der Waals surface area (Å²) in [6, 6.07) is 4.54. The minimum absolute atomic E-state index is 0.0729. The van der Waals surface area contributed by atoms with Crippen LogP contribution in [0.4, 0.5) is 4.39 Å². The van der Waals surface area contributed by atoms with Gasteiger partial charge < -0.3 is 4.74 Å². The van der Waals surface area contributed by atoms with Gasteiger partial charge in [-0.3, -0.25) is 0 Å². The Hall–Kier alpha value is -1.46. The molecule has 0 bridgehead atoms. The number of carbonyl (C=O) groups is 1. The first-order valence-corrected chi connectivity index (χ1v) is 6.23. The van der Waals surface area contributed by atoms with Crippen molar-refractivity contribution in [3.63, 3.8) is 0 Å². The van der Waals surface area contributed by atoms with Crippen molar-refractivity contribution in [2.45, 2.75) is 6.92 Å². The van der Waals surface area contributed by atoms with E-state index in [-0.39, 0.29) is 15.8 Å². The van der Waals surface area contributed by atoms with Gasteiger partial charge in [0.15, 0.2) is 10.0 Å². The van der Waals surface area contributed by atoms with Gasteiger partial charge in [-0.25, -0.2) is 14.2 Å². The summed E-state index contributed by atoms with van der Waals surface area (Å²) in [5.74, 6) is -0.896. The number of methoxy groups -OCH3 is 1. The second-order valence-electron chi connectivity index (χ2n) is 3.65. The van der Waals surface area contributed by atoms with Gasteiger partial charge in [-0.1, -0.05) is 11.6 Å². The number of aryl methyl sites for hydroxylation is 1. The zero-order valence-corrected chi connectivity index (χ0v) is 11.2. The summed E-state index contributed by atoms with van der Waals surface area (Å²) in [4.78, 5) is 15.7. The summed E-state index contributed by atoms with van der Waals surface area (Å²) in [6.45, 7) is 1.78. The van der Waals surface area contributed by atoms with Gasteiger partial charge in [0.25, 0.3) is 0 Å². The number of hydrogen-bond donors (Lipinski definition) is 0. The third-order valence-electron chi connectivity index (χ3n) is 2.25. The number of ether oxygens (including phenoxy) is 1. The van der Waals surface area contributed by atoms with E-state index < -0.39 is 5.97 Å². The summed E-state index contributed by atoms with van der Waals surface area (Å²) in [6.07, 6.45) is 0. The molecule has 0 aliphatic heterocycles. The molecule has 0 aliphatic rings. The van der Waals surface area contributed by atoms with Crippen LogP contribution in [0.25, 0.3) is 10.6 Å². The number of rotatable bonds is 2. The Kier molecular flexibility index (Phi) is 3.63. The third kappa shape index (κ3) is 2.52. The van der Waals surface area contributed by atoms with Crippen LogP contribution in [0, 0.1) is 12.7 Å². The highest BCUT2D eigenvalue weighted by Gasteiger charge is 2.18. The van der Waals surface area contributed by atoms with Crippen LogP contribution in [-0.2, 0) is 4.74 Å². The van der Waals surface area contributed by atoms with Crippen LogP contribution in [0.2, 0.25) is 5.15 Å². The maximum absolute atomic E-state index is 13.3. The van der Waals surface area contributed by atoms with Gasteiger partial charge >= 0.3 is 5.97 Å². The van der Waals surface area contributed by atoms with Crippen LogP contribution in [0.1, 0.15) is 15.2 Å². The monoisotopic (exact) mass is 285 g/mol. The van der Waals surface area contributed by atoms with Crippen molar-refractivity contribution in [2.24, 2.45) is 0 Å². The number of aromatic nitrogens is 1. The molecule has 0 amide bonds. The van der Waals surface area contributed by atoms with E-state index in [1.54, 1.807) is 13.0 Å². The van der Waals surface area contributed by atoms with Gasteiger partial charge in [0.2, 0.25) is 0 Å². The van der Waals surface area contributed by atoms with Gasteiger partial charge in [-0.2, -0.15) is 0 Å². The molecule has 2 rings (SSSR count). The first-order chi connectivity index (χ1) is 8.51. The summed E-state index contributed by atoms with van der Waals surface area (Å²) >= 11 is 6.93. The highest BCUT2D eigenvalue weighted by molar-refractivity contribution is 7.17. The largest absolute Gasteiger partial charge is 0.465 e. The molecule has 6 heteroatoms. The number of hydrogen-bond acceptors (Lipinski definition) is 4. The van der Waals surface area contributed by atoms with Crippen molar-refractivity contribution in [2.75, 3.05) is 7.11 Å². The van der Waals surface area contributed by atoms with Crippen LogP contribution in [0.5, 0.6) is 0 Å². The normalized spacial score (nSPS) is 10.4. The molecule has 2 aromatic rings. The van der Waals surface area contributed by atoms with Crippen molar-refractivity contribution < 1.29 is 13.9 Å². The predicted molar refractivity (Wildman–Crippen MR) is 68.6 cm³/mol. The molecule has 0 saturated carbocycles. The van der Waals surface area contributed by atoms with E-state index in [4.69, 9.17) is 11.6 Å². The number of halogens is 2. The number of thiazole rings is 1. The van der Waals surface area contributed by atoms with Crippen molar-refractivity contribution in [1.29, 1.82) is 0 Å². The minimum atomic E-state index is -0.545. The molecule has 0 atom stereocenters. The lowest BCUT2D eigenvalue weighted by atomic mass is 10.1. The molecule has 0 radical (unpaired) electrons. The average Bonchev–Trinajstić information content (AvgIpc) is 2.69. The van der Waals surface area contributed by atoms with Crippen molar-refractivity contribution >= 4 is 28.9 Å². The second-order valence-corrected chi connectivity index (χ2v) is 5.00. The summed E-state index contributed by atoms with van der Waals surface area (Å²) in [5.41, 5.74) is 1.37. The standard InChI is InChI=1S/C12H9ClFNO2S/c1-6-3-7(5-8(14)4-6)11-15-10(13)9(18-11)12(16)17-2/h3-5H,1-2H3. The molecule has 1 heterocycles. The summed E-state index contributed by atoms with van der Waals surface area (Å²) < 4.78 is 17.9. The molecule has 0 saturated heterocycles. The van der Waals surface area contributed by atoms with Crippen LogP contribution in [-0.4, -0.2) is 18.1 Å². The van der Waals surface area contributed by atoms with E-state index in [1.165, 1.54) is 19.2 Å². The molecule has 1 aromatic heterocycles. The van der Waals surface area contributed by atoms with Gasteiger partial charge in [0, 0.05) is 5.56 Å². The van der Waals surface area contributed by atoms with E-state index in [0.29, 0.717) is 10.6 Å². The molecular weight excluding hydrogens is 277 g/mol. The Morgan fingerprint density at radius 3 is 2.78 bits per heavy atom. The lowest BCUT2D eigenvalue weighted by Gasteiger charge is -1.98. The molecule has 0 aliphatic carbocycles. The fourth-order valence-corrected chi connectivity index (χ4v) is 2.69. The smallest absolute Gasteiger partial charge is 0.351 e. The minimum Gasteiger partial charge on any atom is -0.465 e. The van der Waals surface area contributed by atoms with E-state index in [9.17, 15) is 9.18 Å². The van der Waals surface area contributed by atoms with Gasteiger partial charge in [-0.15, -0.1) is 11.3 Å². The third-order valence-corrected chi connectivity index (χ3v) is 3.72. The Labute approximate surface area is 112 Å². The number of carbonyl (C=O) groups excluding carboxylic acids is 1. The average molecular weight is 286 g/mol. The van der Waals surface area contributed by atoms with Crippen molar-refractivity contribution in [1.82, 2.24) is 4.98 Å². The van der Waals surface area contributed by atoms with E-state index >= 15 is 0 Å². The van der Waals surface area contributed by atoms with Crippen LogP contribution in [0.3, 0.4) is 0 Å². The first kappa shape index (κ1) is 13.0. The molecule has 0 fully saturated rings. The Morgan fingerprint density at radius 1 is 1.44 bits per heavy atom. The zero-order valence-electron chi connectivity index (χ0n) is 9.66. The molecule has 0 spiro atoms. The van der Waals surface area contributed by atoms with Crippen molar-refractivity contribution in [3.8, 4) is 10.6 Å². The van der Waals surface area contributed by atoms with E-state index in [2.05, 4.69) is 9.72 Å². The highest BCUT2D eigenvalue weighted by Crippen LogP contribution is 2.32. The Morgan fingerprint density at radius 2 is 2.17 bits per heavy atom.